The molecule has 21 heavy (non-hydrogen) atoms. The van der Waals surface area contributed by atoms with Crippen LogP contribution in [-0.4, -0.2) is 12.2 Å². The Kier molecular flexibility index (Phi) is 4.45. The number of imide groups is 1. The molecule has 2 rings (SSSR count). The number of hydrogen-bond acceptors (Lipinski definition) is 4. The number of ether oxygens (including phenoxy) is 2. The standard InChI is InChI=1S/C14H9F2NO4/c15-9-1-5-11(6-2-9)20-13(18)17-14(19)21-12-7-3-10(16)4-8-12/h1-8H,(H,17,18,19). The van der Waals surface area contributed by atoms with Gasteiger partial charge >= 0.3 is 12.2 Å². The molecule has 0 atom stereocenters. The summed E-state index contributed by atoms with van der Waals surface area (Å²) in [6.07, 6.45) is -2.18. The molecule has 0 aliphatic rings. The maximum absolute atomic E-state index is 12.6. The summed E-state index contributed by atoms with van der Waals surface area (Å²) in [5.74, 6) is -0.857. The van der Waals surface area contributed by atoms with Crippen molar-refractivity contribution >= 4 is 12.2 Å². The van der Waals surface area contributed by atoms with Crippen LogP contribution in [0.1, 0.15) is 0 Å². The summed E-state index contributed by atoms with van der Waals surface area (Å²) in [4.78, 5) is 22.7. The molecule has 5 nitrogen and oxygen atoms in total. The van der Waals surface area contributed by atoms with Gasteiger partial charge in [-0.25, -0.2) is 23.7 Å². The van der Waals surface area contributed by atoms with Crippen molar-refractivity contribution in [1.82, 2.24) is 5.32 Å². The van der Waals surface area contributed by atoms with Crippen LogP contribution in [0.4, 0.5) is 18.4 Å². The van der Waals surface area contributed by atoms with Gasteiger partial charge in [-0.3, -0.25) is 0 Å². The van der Waals surface area contributed by atoms with Gasteiger partial charge in [0.15, 0.2) is 0 Å². The van der Waals surface area contributed by atoms with Crippen LogP contribution < -0.4 is 14.8 Å². The van der Waals surface area contributed by atoms with Crippen LogP contribution in [0.15, 0.2) is 48.5 Å². The third-order valence-electron chi connectivity index (χ3n) is 2.25. The summed E-state index contributed by atoms with van der Waals surface area (Å²) < 4.78 is 34.7. The van der Waals surface area contributed by atoms with E-state index in [0.717, 1.165) is 24.3 Å². The van der Waals surface area contributed by atoms with E-state index >= 15 is 0 Å². The highest BCUT2D eigenvalue weighted by atomic mass is 19.1. The van der Waals surface area contributed by atoms with Crippen LogP contribution >= 0.6 is 0 Å². The highest BCUT2D eigenvalue weighted by molar-refractivity contribution is 5.89. The third kappa shape index (κ3) is 4.57. The topological polar surface area (TPSA) is 64.6 Å². The Bertz CT molecular complexity index is 584. The molecule has 0 radical (unpaired) electrons. The molecule has 2 aromatic rings. The molecule has 0 bridgehead atoms. The number of rotatable bonds is 2. The van der Waals surface area contributed by atoms with Gasteiger partial charge in [-0.1, -0.05) is 0 Å². The van der Waals surface area contributed by atoms with Gasteiger partial charge in [0.2, 0.25) is 0 Å². The van der Waals surface area contributed by atoms with Crippen LogP contribution in [0.5, 0.6) is 11.5 Å². The molecule has 0 aliphatic carbocycles. The van der Waals surface area contributed by atoms with Gasteiger partial charge in [-0.2, -0.15) is 0 Å². The van der Waals surface area contributed by atoms with Crippen LogP contribution in [0.3, 0.4) is 0 Å². The zero-order valence-corrected chi connectivity index (χ0v) is 10.5. The average Bonchev–Trinajstić information content (AvgIpc) is 2.44. The number of carbonyl (C=O) groups excluding carboxylic acids is 2. The zero-order chi connectivity index (χ0) is 15.2. The molecular formula is C14H9F2NO4. The molecular weight excluding hydrogens is 284 g/mol. The second-order valence-electron chi connectivity index (χ2n) is 3.81. The summed E-state index contributed by atoms with van der Waals surface area (Å²) >= 11 is 0. The van der Waals surface area contributed by atoms with Crippen molar-refractivity contribution < 1.29 is 27.8 Å². The Balaban J connectivity index is 1.85. The summed E-state index contributed by atoms with van der Waals surface area (Å²) in [5.41, 5.74) is 0. The lowest BCUT2D eigenvalue weighted by Crippen LogP contribution is -2.35. The van der Waals surface area contributed by atoms with Gasteiger partial charge in [0.05, 0.1) is 0 Å². The third-order valence-corrected chi connectivity index (χ3v) is 2.25. The molecule has 0 spiro atoms. The zero-order valence-electron chi connectivity index (χ0n) is 10.5. The largest absolute Gasteiger partial charge is 0.422 e. The first-order chi connectivity index (χ1) is 10.0. The molecule has 0 aromatic heterocycles. The van der Waals surface area contributed by atoms with Crippen molar-refractivity contribution in [2.45, 2.75) is 0 Å². The van der Waals surface area contributed by atoms with Crippen molar-refractivity contribution in [2.24, 2.45) is 0 Å². The highest BCUT2D eigenvalue weighted by Gasteiger charge is 2.12. The first kappa shape index (κ1) is 14.4. The minimum absolute atomic E-state index is 0.0588. The Labute approximate surface area is 118 Å². The van der Waals surface area contributed by atoms with Crippen molar-refractivity contribution in [3.05, 3.63) is 60.2 Å². The number of benzene rings is 2. The van der Waals surface area contributed by atoms with Crippen molar-refractivity contribution in [2.75, 3.05) is 0 Å². The van der Waals surface area contributed by atoms with Gasteiger partial charge in [-0.15, -0.1) is 0 Å². The van der Waals surface area contributed by atoms with Gasteiger partial charge in [-0.05, 0) is 48.5 Å². The maximum Gasteiger partial charge on any atom is 0.422 e. The average molecular weight is 293 g/mol. The lowest BCUT2D eigenvalue weighted by Gasteiger charge is -2.06. The lowest BCUT2D eigenvalue weighted by molar-refractivity contribution is 0.181. The predicted octanol–water partition coefficient (Wildman–Crippen LogP) is 3.25. The summed E-state index contributed by atoms with van der Waals surface area (Å²) in [6.45, 7) is 0. The number of amides is 2. The molecule has 108 valence electrons. The van der Waals surface area contributed by atoms with Crippen LogP contribution in [-0.2, 0) is 0 Å². The minimum Gasteiger partial charge on any atom is -0.410 e. The molecule has 0 aliphatic heterocycles. The van der Waals surface area contributed by atoms with E-state index in [4.69, 9.17) is 9.47 Å². The minimum atomic E-state index is -1.09. The SMILES string of the molecule is O=C(NC(=O)Oc1ccc(F)cc1)Oc1ccc(F)cc1. The summed E-state index contributed by atoms with van der Waals surface area (Å²) in [7, 11) is 0. The highest BCUT2D eigenvalue weighted by Crippen LogP contribution is 2.12. The van der Waals surface area contributed by atoms with E-state index in [0.29, 0.717) is 0 Å². The second kappa shape index (κ2) is 6.47. The molecule has 0 saturated heterocycles. The Morgan fingerprint density at radius 2 is 1.05 bits per heavy atom. The van der Waals surface area contributed by atoms with E-state index < -0.39 is 23.8 Å². The molecule has 2 aromatic carbocycles. The van der Waals surface area contributed by atoms with E-state index in [1.54, 1.807) is 5.32 Å². The number of halogens is 2. The van der Waals surface area contributed by atoms with Gasteiger partial charge in [0, 0.05) is 0 Å². The summed E-state index contributed by atoms with van der Waals surface area (Å²) in [5, 5.41) is 1.80. The van der Waals surface area contributed by atoms with Crippen LogP contribution in [0.2, 0.25) is 0 Å². The quantitative estimate of drug-likeness (QED) is 0.923. The smallest absolute Gasteiger partial charge is 0.410 e. The van der Waals surface area contributed by atoms with E-state index in [1.807, 2.05) is 0 Å². The fourth-order valence-electron chi connectivity index (χ4n) is 1.35. The maximum atomic E-state index is 12.6. The predicted molar refractivity (Wildman–Crippen MR) is 68.0 cm³/mol. The molecule has 0 saturated carbocycles. The summed E-state index contributed by atoms with van der Waals surface area (Å²) in [6, 6.07) is 9.28. The first-order valence-corrected chi connectivity index (χ1v) is 5.75. The van der Waals surface area contributed by atoms with Gasteiger partial charge in [0.25, 0.3) is 0 Å². The Morgan fingerprint density at radius 1 is 0.714 bits per heavy atom. The number of nitrogens with one attached hydrogen (secondary N) is 1. The molecule has 0 fully saturated rings. The fourth-order valence-corrected chi connectivity index (χ4v) is 1.35. The number of carbonyl (C=O) groups is 2. The van der Waals surface area contributed by atoms with Crippen molar-refractivity contribution in [1.29, 1.82) is 0 Å². The van der Waals surface area contributed by atoms with E-state index in [9.17, 15) is 18.4 Å². The van der Waals surface area contributed by atoms with Crippen LogP contribution in [0.25, 0.3) is 0 Å². The molecule has 0 unspecified atom stereocenters. The molecule has 1 N–H and O–H groups in total. The molecule has 0 heterocycles. The Hall–Kier alpha value is -2.96. The molecule has 2 amide bonds. The number of hydrogen-bond donors (Lipinski definition) is 1. The fraction of sp³-hybridized carbons (Fsp3) is 0. The van der Waals surface area contributed by atoms with E-state index in [2.05, 4.69) is 0 Å². The van der Waals surface area contributed by atoms with E-state index in [1.165, 1.54) is 24.3 Å². The van der Waals surface area contributed by atoms with Gasteiger partial charge in [0.1, 0.15) is 23.1 Å². The normalized spacial score (nSPS) is 9.81. The van der Waals surface area contributed by atoms with Crippen molar-refractivity contribution in [3.8, 4) is 11.5 Å². The Morgan fingerprint density at radius 3 is 1.38 bits per heavy atom. The van der Waals surface area contributed by atoms with E-state index in [-0.39, 0.29) is 11.5 Å². The lowest BCUT2D eigenvalue weighted by atomic mass is 10.3. The monoisotopic (exact) mass is 293 g/mol. The first-order valence-electron chi connectivity index (χ1n) is 5.75. The van der Waals surface area contributed by atoms with Gasteiger partial charge < -0.3 is 9.47 Å². The van der Waals surface area contributed by atoms with Crippen molar-refractivity contribution in [3.63, 3.8) is 0 Å². The van der Waals surface area contributed by atoms with Crippen LogP contribution in [0, 0.1) is 11.6 Å². The second-order valence-corrected chi connectivity index (χ2v) is 3.81. The molecule has 7 heteroatoms.